The molecule has 1 aliphatic carbocycles. The van der Waals surface area contributed by atoms with Crippen molar-refractivity contribution in [3.8, 4) is 0 Å². The molecule has 0 aliphatic heterocycles. The van der Waals surface area contributed by atoms with Gasteiger partial charge >= 0.3 is 0 Å². The van der Waals surface area contributed by atoms with E-state index in [0.29, 0.717) is 11.8 Å². The first-order valence-electron chi connectivity index (χ1n) is 4.45. The molecular weight excluding hydrogens is 156 g/mol. The van der Waals surface area contributed by atoms with E-state index in [1.54, 1.807) is 0 Å². The zero-order valence-electron chi connectivity index (χ0n) is 7.44. The van der Waals surface area contributed by atoms with Crippen molar-refractivity contribution in [3.63, 3.8) is 0 Å². The van der Waals surface area contributed by atoms with Crippen LogP contribution in [0.15, 0.2) is 12.2 Å². The summed E-state index contributed by atoms with van der Waals surface area (Å²) in [5, 5.41) is 0.246. The summed E-state index contributed by atoms with van der Waals surface area (Å²) in [7, 11) is 0. The van der Waals surface area contributed by atoms with E-state index in [0.717, 1.165) is 6.42 Å². The summed E-state index contributed by atoms with van der Waals surface area (Å²) < 4.78 is 0. The Bertz CT molecular complexity index is 149. The van der Waals surface area contributed by atoms with Crippen molar-refractivity contribution >= 4 is 11.6 Å². The molecule has 64 valence electrons. The fraction of sp³-hybridized carbons (Fsp3) is 0.800. The van der Waals surface area contributed by atoms with Crippen LogP contribution < -0.4 is 0 Å². The van der Waals surface area contributed by atoms with E-state index in [1.807, 2.05) is 0 Å². The van der Waals surface area contributed by atoms with Gasteiger partial charge in [-0.05, 0) is 24.7 Å². The third-order valence-electron chi connectivity index (χ3n) is 2.66. The second-order valence-corrected chi connectivity index (χ2v) is 4.35. The van der Waals surface area contributed by atoms with E-state index in [2.05, 4.69) is 20.4 Å². The van der Waals surface area contributed by atoms with Crippen LogP contribution in [0.25, 0.3) is 0 Å². The number of hydrogen-bond acceptors (Lipinski definition) is 0. The molecule has 1 heteroatoms. The molecule has 0 bridgehead atoms. The van der Waals surface area contributed by atoms with Crippen LogP contribution in [-0.4, -0.2) is 5.38 Å². The molecule has 0 nitrogen and oxygen atoms in total. The first kappa shape index (κ1) is 9.12. The predicted molar refractivity (Wildman–Crippen MR) is 51.0 cm³/mol. The smallest absolute Gasteiger partial charge is 0.0545 e. The molecule has 0 unspecified atom stereocenters. The van der Waals surface area contributed by atoms with Gasteiger partial charge in [0, 0.05) is 0 Å². The molecule has 0 spiro atoms. The van der Waals surface area contributed by atoms with Gasteiger partial charge in [-0.15, -0.1) is 11.6 Å². The third kappa shape index (κ3) is 1.99. The molecule has 0 heterocycles. The van der Waals surface area contributed by atoms with Gasteiger partial charge in [-0.3, -0.25) is 0 Å². The minimum Gasteiger partial charge on any atom is -0.118 e. The van der Waals surface area contributed by atoms with Crippen LogP contribution in [0.1, 0.15) is 33.1 Å². The lowest BCUT2D eigenvalue weighted by atomic mass is 9.78. The highest BCUT2D eigenvalue weighted by Gasteiger charge is 2.26. The van der Waals surface area contributed by atoms with E-state index in [4.69, 9.17) is 11.6 Å². The molecule has 0 aromatic carbocycles. The van der Waals surface area contributed by atoms with Crippen molar-refractivity contribution in [2.24, 2.45) is 11.8 Å². The van der Waals surface area contributed by atoms with Crippen molar-refractivity contribution in [1.82, 2.24) is 0 Å². The van der Waals surface area contributed by atoms with Crippen LogP contribution in [0.5, 0.6) is 0 Å². The standard InChI is InChI=1S/C10H17Cl/c1-7(2)9-5-4-6-10(11)8(9)3/h7,9-10H,3-6H2,1-2H3/t9-,10-/m0/s1. The van der Waals surface area contributed by atoms with E-state index >= 15 is 0 Å². The van der Waals surface area contributed by atoms with Crippen LogP contribution in [0.2, 0.25) is 0 Å². The molecular formula is C10H17Cl. The van der Waals surface area contributed by atoms with Crippen molar-refractivity contribution in [2.45, 2.75) is 38.5 Å². The van der Waals surface area contributed by atoms with Crippen molar-refractivity contribution in [1.29, 1.82) is 0 Å². The quantitative estimate of drug-likeness (QED) is 0.419. The lowest BCUT2D eigenvalue weighted by Crippen LogP contribution is -2.22. The fourth-order valence-corrected chi connectivity index (χ4v) is 2.20. The Morgan fingerprint density at radius 1 is 1.45 bits per heavy atom. The Hall–Kier alpha value is 0.0300. The maximum atomic E-state index is 6.11. The van der Waals surface area contributed by atoms with Gasteiger partial charge in [0.05, 0.1) is 5.38 Å². The van der Waals surface area contributed by atoms with Gasteiger partial charge in [0.15, 0.2) is 0 Å². The maximum absolute atomic E-state index is 6.11. The normalized spacial score (nSPS) is 32.9. The lowest BCUT2D eigenvalue weighted by molar-refractivity contribution is 0.360. The van der Waals surface area contributed by atoms with Crippen molar-refractivity contribution < 1.29 is 0 Å². The maximum Gasteiger partial charge on any atom is 0.0545 e. The minimum atomic E-state index is 0.246. The van der Waals surface area contributed by atoms with Crippen molar-refractivity contribution in [2.75, 3.05) is 0 Å². The average molecular weight is 173 g/mol. The lowest BCUT2D eigenvalue weighted by Gasteiger charge is -2.31. The molecule has 1 aliphatic rings. The summed E-state index contributed by atoms with van der Waals surface area (Å²) in [6.45, 7) is 8.58. The van der Waals surface area contributed by atoms with Crippen LogP contribution >= 0.6 is 11.6 Å². The van der Waals surface area contributed by atoms with E-state index < -0.39 is 0 Å². The van der Waals surface area contributed by atoms with Gasteiger partial charge in [0.2, 0.25) is 0 Å². The van der Waals surface area contributed by atoms with E-state index in [-0.39, 0.29) is 5.38 Å². The number of hydrogen-bond donors (Lipinski definition) is 0. The molecule has 0 N–H and O–H groups in total. The SMILES string of the molecule is C=C1[C@H](C(C)C)CCC[C@@H]1Cl. The predicted octanol–water partition coefficient (Wildman–Crippen LogP) is 3.61. The molecule has 0 aromatic heterocycles. The van der Waals surface area contributed by atoms with Gasteiger partial charge in [-0.2, -0.15) is 0 Å². The second kappa shape index (κ2) is 3.62. The van der Waals surface area contributed by atoms with Crippen LogP contribution in [0.4, 0.5) is 0 Å². The Morgan fingerprint density at radius 2 is 2.09 bits per heavy atom. The zero-order valence-corrected chi connectivity index (χ0v) is 8.19. The first-order valence-corrected chi connectivity index (χ1v) is 4.89. The number of allylic oxidation sites excluding steroid dienone is 1. The van der Waals surface area contributed by atoms with Gasteiger partial charge in [-0.25, -0.2) is 0 Å². The largest absolute Gasteiger partial charge is 0.118 e. The summed E-state index contributed by atoms with van der Waals surface area (Å²) in [4.78, 5) is 0. The second-order valence-electron chi connectivity index (χ2n) is 3.82. The molecule has 0 aromatic rings. The highest BCUT2D eigenvalue weighted by molar-refractivity contribution is 6.22. The monoisotopic (exact) mass is 172 g/mol. The minimum absolute atomic E-state index is 0.246. The molecule has 1 fully saturated rings. The summed E-state index contributed by atoms with van der Waals surface area (Å²) >= 11 is 6.11. The van der Waals surface area contributed by atoms with Gasteiger partial charge in [0.1, 0.15) is 0 Å². The van der Waals surface area contributed by atoms with Gasteiger partial charge in [0.25, 0.3) is 0 Å². The van der Waals surface area contributed by atoms with Crippen LogP contribution in [-0.2, 0) is 0 Å². The van der Waals surface area contributed by atoms with Gasteiger partial charge in [-0.1, -0.05) is 32.4 Å². The van der Waals surface area contributed by atoms with E-state index in [9.17, 15) is 0 Å². The molecule has 0 radical (unpaired) electrons. The molecule has 0 amide bonds. The summed E-state index contributed by atoms with van der Waals surface area (Å²) in [5.41, 5.74) is 1.27. The third-order valence-corrected chi connectivity index (χ3v) is 3.15. The highest BCUT2D eigenvalue weighted by atomic mass is 35.5. The topological polar surface area (TPSA) is 0 Å². The Labute approximate surface area is 74.6 Å². The Kier molecular flexibility index (Phi) is 3.00. The van der Waals surface area contributed by atoms with Crippen LogP contribution in [0.3, 0.4) is 0 Å². The Morgan fingerprint density at radius 3 is 2.55 bits per heavy atom. The highest BCUT2D eigenvalue weighted by Crippen LogP contribution is 2.36. The summed E-state index contributed by atoms with van der Waals surface area (Å²) in [5.74, 6) is 1.38. The van der Waals surface area contributed by atoms with Gasteiger partial charge < -0.3 is 0 Å². The molecule has 2 atom stereocenters. The molecule has 11 heavy (non-hydrogen) atoms. The number of rotatable bonds is 1. The van der Waals surface area contributed by atoms with Crippen LogP contribution in [0, 0.1) is 11.8 Å². The first-order chi connectivity index (χ1) is 5.13. The van der Waals surface area contributed by atoms with Crippen molar-refractivity contribution in [3.05, 3.63) is 12.2 Å². The summed E-state index contributed by atoms with van der Waals surface area (Å²) in [6.07, 6.45) is 3.69. The van der Waals surface area contributed by atoms with E-state index in [1.165, 1.54) is 18.4 Å². The fourth-order valence-electron chi connectivity index (χ4n) is 1.88. The number of alkyl halides is 1. The number of halogens is 1. The summed E-state index contributed by atoms with van der Waals surface area (Å²) in [6, 6.07) is 0. The Balaban J connectivity index is 2.58. The molecule has 1 saturated carbocycles. The molecule has 0 saturated heterocycles. The average Bonchev–Trinajstić information content (AvgIpc) is 1.94. The zero-order chi connectivity index (χ0) is 8.43. The molecule has 1 rings (SSSR count).